The van der Waals surface area contributed by atoms with Crippen molar-refractivity contribution in [3.8, 4) is 0 Å². The molecule has 0 spiro atoms. The summed E-state index contributed by atoms with van der Waals surface area (Å²) in [4.78, 5) is 0. The van der Waals surface area contributed by atoms with Gasteiger partial charge in [-0.2, -0.15) is 0 Å². The largest absolute Gasteiger partial charge is 1.00 e. The third-order valence-electron chi connectivity index (χ3n) is 5.69. The van der Waals surface area contributed by atoms with E-state index in [1.54, 1.807) is 6.92 Å². The van der Waals surface area contributed by atoms with Gasteiger partial charge in [0.05, 0.1) is 16.2 Å². The minimum Gasteiger partial charge on any atom is -0.748 e. The minimum absolute atomic E-state index is 0. The molecule has 0 saturated heterocycles. The zero-order chi connectivity index (χ0) is 21.1. The first-order valence-corrected chi connectivity index (χ1v) is 13.5. The Morgan fingerprint density at radius 1 is 0.655 bits per heavy atom. The molecule has 0 aliphatic rings. The van der Waals surface area contributed by atoms with Crippen LogP contribution in [0.3, 0.4) is 0 Å². The van der Waals surface area contributed by atoms with E-state index in [4.69, 9.17) is 0 Å². The van der Waals surface area contributed by atoms with E-state index in [9.17, 15) is 18.1 Å². The van der Waals surface area contributed by atoms with Crippen LogP contribution in [-0.2, 0) is 10.1 Å². The summed E-state index contributed by atoms with van der Waals surface area (Å²) in [5, 5.41) is 8.50. The summed E-state index contributed by atoms with van der Waals surface area (Å²) < 4.78 is 34.3. The van der Waals surface area contributed by atoms with E-state index in [2.05, 4.69) is 6.92 Å². The summed E-state index contributed by atoms with van der Waals surface area (Å²) in [6, 6.07) is 0. The first kappa shape index (κ1) is 32.1. The average molecular weight is 443 g/mol. The van der Waals surface area contributed by atoms with Gasteiger partial charge in [0.1, 0.15) is 0 Å². The molecule has 0 radical (unpaired) electrons. The maximum atomic E-state index is 11.4. The maximum absolute atomic E-state index is 11.4. The van der Waals surface area contributed by atoms with Crippen LogP contribution in [-0.4, -0.2) is 29.4 Å². The van der Waals surface area contributed by atoms with Gasteiger partial charge in [0.2, 0.25) is 0 Å². The Kier molecular flexibility index (Phi) is 24.4. The molecule has 4 nitrogen and oxygen atoms in total. The van der Waals surface area contributed by atoms with Crippen molar-refractivity contribution in [2.24, 2.45) is 0 Å². The SMILES string of the molecule is CCCCCCCCCCCCCCCCC(CCCCC(C)O)S(=O)(=O)[O-].[Na+]. The topological polar surface area (TPSA) is 77.4 Å². The molecule has 0 fully saturated rings. The predicted octanol–water partition coefficient (Wildman–Crippen LogP) is 3.72. The van der Waals surface area contributed by atoms with E-state index in [1.807, 2.05) is 0 Å². The second-order valence-corrected chi connectivity index (χ2v) is 10.3. The van der Waals surface area contributed by atoms with Crippen LogP contribution in [0.1, 0.15) is 136 Å². The summed E-state index contributed by atoms with van der Waals surface area (Å²) in [7, 11) is -4.20. The fourth-order valence-corrected chi connectivity index (χ4v) is 4.72. The van der Waals surface area contributed by atoms with Gasteiger partial charge in [0.15, 0.2) is 0 Å². The van der Waals surface area contributed by atoms with Crippen LogP contribution in [0, 0.1) is 0 Å². The molecule has 0 aliphatic carbocycles. The van der Waals surface area contributed by atoms with E-state index in [1.165, 1.54) is 70.6 Å². The normalized spacial score (nSPS) is 13.8. The quantitative estimate of drug-likeness (QED) is 0.167. The Morgan fingerprint density at radius 2 is 0.966 bits per heavy atom. The van der Waals surface area contributed by atoms with Gasteiger partial charge in [-0.3, -0.25) is 0 Å². The Hall–Kier alpha value is 0.870. The van der Waals surface area contributed by atoms with Crippen molar-refractivity contribution in [2.75, 3.05) is 0 Å². The van der Waals surface area contributed by atoms with Crippen molar-refractivity contribution in [3.05, 3.63) is 0 Å². The summed E-state index contributed by atoms with van der Waals surface area (Å²) in [5.41, 5.74) is 0. The summed E-state index contributed by atoms with van der Waals surface area (Å²) in [6.07, 6.45) is 20.5. The molecule has 1 N–H and O–H groups in total. The number of aliphatic hydroxyl groups excluding tert-OH is 1. The Balaban J connectivity index is 0. The molecule has 0 rings (SSSR count). The van der Waals surface area contributed by atoms with Gasteiger partial charge in [-0.1, -0.05) is 110 Å². The zero-order valence-electron chi connectivity index (χ0n) is 19.7. The van der Waals surface area contributed by atoms with Crippen molar-refractivity contribution >= 4 is 10.1 Å². The molecule has 0 bridgehead atoms. The Bertz CT molecular complexity index is 427. The number of hydrogen-bond donors (Lipinski definition) is 1. The van der Waals surface area contributed by atoms with Gasteiger partial charge in [0, 0.05) is 5.25 Å². The second-order valence-electron chi connectivity index (χ2n) is 8.63. The van der Waals surface area contributed by atoms with Crippen LogP contribution in [0.25, 0.3) is 0 Å². The first-order chi connectivity index (χ1) is 13.4. The average Bonchev–Trinajstić information content (AvgIpc) is 2.62. The molecule has 0 aliphatic heterocycles. The Labute approximate surface area is 204 Å². The standard InChI is InChI=1S/C23H48O4S.Na/c1-3-4-5-6-7-8-9-10-11-12-13-14-15-16-20-23(28(25,26)27)21-18-17-19-22(2)24;/h22-24H,3-21H2,1-2H3,(H,25,26,27);/q;+1/p-1. The molecular formula is C23H47NaO4S. The Morgan fingerprint density at radius 3 is 1.31 bits per heavy atom. The van der Waals surface area contributed by atoms with E-state index in [-0.39, 0.29) is 35.7 Å². The summed E-state index contributed by atoms with van der Waals surface area (Å²) >= 11 is 0. The van der Waals surface area contributed by atoms with Crippen molar-refractivity contribution < 1.29 is 47.6 Å². The molecule has 6 heteroatoms. The molecule has 0 aromatic rings. The fourth-order valence-electron chi connectivity index (χ4n) is 3.81. The number of rotatable bonds is 21. The van der Waals surface area contributed by atoms with Gasteiger partial charge >= 0.3 is 29.6 Å². The van der Waals surface area contributed by atoms with Crippen molar-refractivity contribution in [2.45, 2.75) is 147 Å². The fraction of sp³-hybridized carbons (Fsp3) is 1.00. The molecule has 2 unspecified atom stereocenters. The van der Waals surface area contributed by atoms with E-state index in [0.29, 0.717) is 25.7 Å². The van der Waals surface area contributed by atoms with Crippen molar-refractivity contribution in [3.63, 3.8) is 0 Å². The first-order valence-electron chi connectivity index (χ1n) is 12.0. The van der Waals surface area contributed by atoms with Crippen LogP contribution in [0.15, 0.2) is 0 Å². The molecule has 170 valence electrons. The monoisotopic (exact) mass is 442 g/mol. The summed E-state index contributed by atoms with van der Waals surface area (Å²) in [5.74, 6) is 0. The van der Waals surface area contributed by atoms with Crippen LogP contribution in [0.2, 0.25) is 0 Å². The third-order valence-corrected chi connectivity index (χ3v) is 6.97. The maximum Gasteiger partial charge on any atom is 1.00 e. The molecule has 0 heterocycles. The molecule has 29 heavy (non-hydrogen) atoms. The predicted molar refractivity (Wildman–Crippen MR) is 119 cm³/mol. The minimum atomic E-state index is -4.20. The molecule has 0 saturated carbocycles. The van der Waals surface area contributed by atoms with Crippen LogP contribution >= 0.6 is 0 Å². The molecule has 0 amide bonds. The van der Waals surface area contributed by atoms with Gasteiger partial charge in [0.25, 0.3) is 0 Å². The molecule has 2 atom stereocenters. The number of hydrogen-bond acceptors (Lipinski definition) is 4. The van der Waals surface area contributed by atoms with E-state index in [0.717, 1.165) is 25.7 Å². The second kappa shape index (κ2) is 22.1. The molecular weight excluding hydrogens is 395 g/mol. The van der Waals surface area contributed by atoms with Gasteiger partial charge < -0.3 is 9.66 Å². The summed E-state index contributed by atoms with van der Waals surface area (Å²) in [6.45, 7) is 3.99. The van der Waals surface area contributed by atoms with Gasteiger partial charge in [-0.05, 0) is 26.2 Å². The molecule has 0 aromatic carbocycles. The molecule has 0 aromatic heterocycles. The van der Waals surface area contributed by atoms with Gasteiger partial charge in [-0.15, -0.1) is 0 Å². The number of unbranched alkanes of at least 4 members (excludes halogenated alkanes) is 14. The van der Waals surface area contributed by atoms with E-state index < -0.39 is 15.4 Å². The van der Waals surface area contributed by atoms with Crippen molar-refractivity contribution in [1.82, 2.24) is 0 Å². The third kappa shape index (κ3) is 23.4. The number of aliphatic hydroxyl groups is 1. The van der Waals surface area contributed by atoms with Gasteiger partial charge in [-0.25, -0.2) is 8.42 Å². The zero-order valence-corrected chi connectivity index (χ0v) is 22.5. The van der Waals surface area contributed by atoms with Crippen LogP contribution in [0.4, 0.5) is 0 Å². The van der Waals surface area contributed by atoms with Crippen molar-refractivity contribution in [1.29, 1.82) is 0 Å². The van der Waals surface area contributed by atoms with Crippen LogP contribution in [0.5, 0.6) is 0 Å². The van der Waals surface area contributed by atoms with Crippen LogP contribution < -0.4 is 29.6 Å². The van der Waals surface area contributed by atoms with E-state index >= 15 is 0 Å². The smallest absolute Gasteiger partial charge is 0.748 e.